The maximum atomic E-state index is 6.29. The van der Waals surface area contributed by atoms with E-state index in [9.17, 15) is 0 Å². The molecular weight excluding hydrogens is 398 g/mol. The van der Waals surface area contributed by atoms with Gasteiger partial charge in [0.15, 0.2) is 0 Å². The number of hydrogen-bond donors (Lipinski definition) is 0. The average molecular weight is 417 g/mol. The maximum Gasteiger partial charge on any atom is 0.141 e. The fraction of sp³-hybridized carbons (Fsp3) is 0.467. The molecule has 0 heterocycles. The highest BCUT2D eigenvalue weighted by molar-refractivity contribution is 9.09. The Morgan fingerprint density at radius 3 is 2.62 bits per heavy atom. The molecule has 0 fully saturated rings. The number of halogens is 4. The van der Waals surface area contributed by atoms with Gasteiger partial charge in [0.1, 0.15) is 22.6 Å². The molecule has 0 aromatic heterocycles. The molecule has 1 rings (SSSR count). The molecule has 1 aromatic rings. The van der Waals surface area contributed by atoms with Crippen LogP contribution in [0.15, 0.2) is 22.7 Å². The summed E-state index contributed by atoms with van der Waals surface area (Å²) in [5.74, 6) is 1.42. The summed E-state index contributed by atoms with van der Waals surface area (Å²) in [4.78, 5) is 0. The number of aryl methyl sites for hydroxylation is 1. The molecule has 0 atom stereocenters. The number of unbranched alkanes of at least 4 members (excludes halogenated alkanes) is 1. The van der Waals surface area contributed by atoms with Crippen LogP contribution in [0.2, 0.25) is 5.02 Å². The zero-order valence-corrected chi connectivity index (χ0v) is 15.7. The molecule has 0 aliphatic heterocycles. The number of hydrogen-bond acceptors (Lipinski definition) is 2. The van der Waals surface area contributed by atoms with Gasteiger partial charge in [-0.15, -0.1) is 0 Å². The van der Waals surface area contributed by atoms with E-state index in [1.807, 2.05) is 6.07 Å². The van der Waals surface area contributed by atoms with Crippen LogP contribution in [0, 0.1) is 0 Å². The van der Waals surface area contributed by atoms with Gasteiger partial charge in [0, 0.05) is 11.4 Å². The van der Waals surface area contributed by atoms with Gasteiger partial charge in [0.2, 0.25) is 0 Å². The van der Waals surface area contributed by atoms with E-state index in [0.717, 1.165) is 35.9 Å². The smallest absolute Gasteiger partial charge is 0.141 e. The molecule has 0 spiro atoms. The Bertz CT molecular complexity index is 474. The zero-order chi connectivity index (χ0) is 15.7. The molecule has 0 saturated heterocycles. The summed E-state index contributed by atoms with van der Waals surface area (Å²) in [5, 5.41) is 1.54. The SMILES string of the molecule is CCc1cc(OCC=C(Cl)Cl)cc(Cl)c1OCCCCBr. The Morgan fingerprint density at radius 2 is 2.00 bits per heavy atom. The topological polar surface area (TPSA) is 18.5 Å². The molecule has 0 unspecified atom stereocenters. The summed E-state index contributed by atoms with van der Waals surface area (Å²) in [5.41, 5.74) is 1.03. The van der Waals surface area contributed by atoms with Gasteiger partial charge in [-0.05, 0) is 37.0 Å². The molecule has 0 aliphatic rings. The van der Waals surface area contributed by atoms with Crippen LogP contribution in [0.25, 0.3) is 0 Å². The summed E-state index contributed by atoms with van der Waals surface area (Å²) in [6, 6.07) is 3.68. The first-order valence-electron chi connectivity index (χ1n) is 6.73. The lowest BCUT2D eigenvalue weighted by Gasteiger charge is -2.14. The largest absolute Gasteiger partial charge is 0.492 e. The van der Waals surface area contributed by atoms with Crippen molar-refractivity contribution >= 4 is 50.7 Å². The van der Waals surface area contributed by atoms with Crippen LogP contribution in [-0.2, 0) is 6.42 Å². The van der Waals surface area contributed by atoms with Crippen molar-refractivity contribution in [3.63, 3.8) is 0 Å². The van der Waals surface area contributed by atoms with Crippen molar-refractivity contribution in [2.45, 2.75) is 26.2 Å². The first-order chi connectivity index (χ1) is 10.1. The first kappa shape index (κ1) is 19.0. The lowest BCUT2D eigenvalue weighted by Crippen LogP contribution is -2.02. The molecule has 0 saturated carbocycles. The van der Waals surface area contributed by atoms with E-state index in [0.29, 0.717) is 24.0 Å². The van der Waals surface area contributed by atoms with Crippen molar-refractivity contribution in [3.8, 4) is 11.5 Å². The summed E-state index contributed by atoms with van der Waals surface area (Å²) in [6.07, 6.45) is 4.46. The molecule has 0 amide bonds. The first-order valence-corrected chi connectivity index (χ1v) is 8.99. The Labute approximate surface area is 149 Å². The molecule has 6 heteroatoms. The van der Waals surface area contributed by atoms with Gasteiger partial charge in [-0.2, -0.15) is 0 Å². The van der Waals surface area contributed by atoms with Gasteiger partial charge >= 0.3 is 0 Å². The Balaban J connectivity index is 2.74. The summed E-state index contributed by atoms with van der Waals surface area (Å²) < 4.78 is 11.5. The Kier molecular flexibility index (Phi) is 9.57. The minimum absolute atomic E-state index is 0.184. The quantitative estimate of drug-likeness (QED) is 0.355. The van der Waals surface area contributed by atoms with E-state index in [1.165, 1.54) is 0 Å². The fourth-order valence-corrected chi connectivity index (χ4v) is 2.51. The third-order valence-corrected chi connectivity index (χ3v) is 3.89. The van der Waals surface area contributed by atoms with E-state index < -0.39 is 0 Å². The van der Waals surface area contributed by atoms with Crippen LogP contribution in [0.4, 0.5) is 0 Å². The van der Waals surface area contributed by atoms with Crippen LogP contribution in [0.1, 0.15) is 25.3 Å². The molecule has 21 heavy (non-hydrogen) atoms. The highest BCUT2D eigenvalue weighted by Gasteiger charge is 2.10. The Morgan fingerprint density at radius 1 is 1.24 bits per heavy atom. The van der Waals surface area contributed by atoms with E-state index in [4.69, 9.17) is 44.3 Å². The molecule has 118 valence electrons. The molecule has 1 aromatic carbocycles. The normalized spacial score (nSPS) is 10.3. The van der Waals surface area contributed by atoms with Crippen LogP contribution in [0.5, 0.6) is 11.5 Å². The molecule has 0 bridgehead atoms. The molecule has 2 nitrogen and oxygen atoms in total. The highest BCUT2D eigenvalue weighted by atomic mass is 79.9. The summed E-state index contributed by atoms with van der Waals surface area (Å²) in [7, 11) is 0. The van der Waals surface area contributed by atoms with Gasteiger partial charge in [-0.3, -0.25) is 0 Å². The van der Waals surface area contributed by atoms with Crippen molar-refractivity contribution in [1.29, 1.82) is 0 Å². The molecule has 0 N–H and O–H groups in total. The van der Waals surface area contributed by atoms with Crippen molar-refractivity contribution in [2.75, 3.05) is 18.5 Å². The van der Waals surface area contributed by atoms with Gasteiger partial charge in [0.25, 0.3) is 0 Å². The average Bonchev–Trinajstić information content (AvgIpc) is 2.44. The second-order valence-electron chi connectivity index (χ2n) is 4.30. The Hall–Kier alpha value is -0.0900. The van der Waals surface area contributed by atoms with Gasteiger partial charge in [0.05, 0.1) is 11.6 Å². The standard InChI is InChI=1S/C15H18BrCl3O2/c1-2-11-9-12(20-8-5-14(18)19)10-13(17)15(11)21-7-4-3-6-16/h5,9-10H,2-4,6-8H2,1H3. The predicted molar refractivity (Wildman–Crippen MR) is 94.6 cm³/mol. The number of rotatable bonds is 9. The molecule has 0 radical (unpaired) electrons. The number of benzene rings is 1. The maximum absolute atomic E-state index is 6.29. The van der Waals surface area contributed by atoms with E-state index >= 15 is 0 Å². The van der Waals surface area contributed by atoms with E-state index in [1.54, 1.807) is 12.1 Å². The summed E-state index contributed by atoms with van der Waals surface area (Å²) in [6.45, 7) is 3.01. The highest BCUT2D eigenvalue weighted by Crippen LogP contribution is 2.34. The van der Waals surface area contributed by atoms with Crippen molar-refractivity contribution in [2.24, 2.45) is 0 Å². The van der Waals surface area contributed by atoms with Crippen LogP contribution in [0.3, 0.4) is 0 Å². The van der Waals surface area contributed by atoms with E-state index in [2.05, 4.69) is 22.9 Å². The predicted octanol–water partition coefficient (Wildman–Crippen LogP) is 6.15. The van der Waals surface area contributed by atoms with Crippen LogP contribution < -0.4 is 9.47 Å². The summed E-state index contributed by atoms with van der Waals surface area (Å²) >= 11 is 20.8. The van der Waals surface area contributed by atoms with Gasteiger partial charge in [-0.25, -0.2) is 0 Å². The fourth-order valence-electron chi connectivity index (χ4n) is 1.70. The monoisotopic (exact) mass is 414 g/mol. The lowest BCUT2D eigenvalue weighted by atomic mass is 10.1. The number of ether oxygens (including phenoxy) is 2. The minimum Gasteiger partial charge on any atom is -0.492 e. The third-order valence-electron chi connectivity index (χ3n) is 2.74. The minimum atomic E-state index is 0.184. The zero-order valence-electron chi connectivity index (χ0n) is 11.8. The van der Waals surface area contributed by atoms with E-state index in [-0.39, 0.29) is 4.49 Å². The van der Waals surface area contributed by atoms with Crippen molar-refractivity contribution in [1.82, 2.24) is 0 Å². The third kappa shape index (κ3) is 7.14. The van der Waals surface area contributed by atoms with Crippen molar-refractivity contribution < 1.29 is 9.47 Å². The second-order valence-corrected chi connectivity index (χ2v) is 6.50. The van der Waals surface area contributed by atoms with Crippen LogP contribution in [-0.4, -0.2) is 18.5 Å². The van der Waals surface area contributed by atoms with Crippen molar-refractivity contribution in [3.05, 3.63) is 33.3 Å². The number of alkyl halides is 1. The van der Waals surface area contributed by atoms with Crippen LogP contribution >= 0.6 is 50.7 Å². The molecule has 0 aliphatic carbocycles. The van der Waals surface area contributed by atoms with Gasteiger partial charge in [-0.1, -0.05) is 57.7 Å². The second kappa shape index (κ2) is 10.6. The molecular formula is C15H18BrCl3O2. The van der Waals surface area contributed by atoms with Gasteiger partial charge < -0.3 is 9.47 Å². The lowest BCUT2D eigenvalue weighted by molar-refractivity contribution is 0.305.